The van der Waals surface area contributed by atoms with E-state index >= 15 is 0 Å². The number of rotatable bonds is 6. The maximum absolute atomic E-state index is 11.5. The number of benzene rings is 1. The first-order valence-electron chi connectivity index (χ1n) is 5.60. The predicted molar refractivity (Wildman–Crippen MR) is 71.7 cm³/mol. The first-order valence-corrected chi connectivity index (χ1v) is 5.98. The first-order chi connectivity index (χ1) is 9.00. The molecule has 0 bridgehead atoms. The number of ether oxygens (including phenoxy) is 1. The fraction of sp³-hybridized carbons (Fsp3) is 0.333. The summed E-state index contributed by atoms with van der Waals surface area (Å²) in [6, 6.07) is 4.81. The van der Waals surface area contributed by atoms with Crippen LogP contribution in [-0.2, 0) is 9.53 Å². The van der Waals surface area contributed by atoms with Crippen LogP contribution < -0.4 is 10.6 Å². The number of carboxylic acids is 1. The molecule has 0 saturated heterocycles. The Morgan fingerprint density at radius 1 is 1.42 bits per heavy atom. The van der Waals surface area contributed by atoms with E-state index in [4.69, 9.17) is 21.4 Å². The highest BCUT2D eigenvalue weighted by Crippen LogP contribution is 2.22. The minimum atomic E-state index is -1.04. The van der Waals surface area contributed by atoms with Gasteiger partial charge in [0.05, 0.1) is 6.61 Å². The van der Waals surface area contributed by atoms with Crippen LogP contribution in [0, 0.1) is 6.92 Å². The summed E-state index contributed by atoms with van der Waals surface area (Å²) in [6.45, 7) is 1.78. The lowest BCUT2D eigenvalue weighted by Gasteiger charge is -2.10. The van der Waals surface area contributed by atoms with Crippen molar-refractivity contribution >= 4 is 29.3 Å². The molecule has 1 rings (SSSR count). The zero-order valence-electron chi connectivity index (χ0n) is 10.4. The highest BCUT2D eigenvalue weighted by Gasteiger charge is 2.05. The quantitative estimate of drug-likeness (QED) is 0.697. The second-order valence-electron chi connectivity index (χ2n) is 3.74. The van der Waals surface area contributed by atoms with Crippen LogP contribution in [0.5, 0.6) is 0 Å². The van der Waals surface area contributed by atoms with Gasteiger partial charge in [0.1, 0.15) is 6.61 Å². The smallest absolute Gasteiger partial charge is 0.329 e. The molecule has 0 aliphatic carbocycles. The molecule has 0 aliphatic heterocycles. The van der Waals surface area contributed by atoms with E-state index in [-0.39, 0.29) is 19.8 Å². The molecular weight excluding hydrogens is 272 g/mol. The summed E-state index contributed by atoms with van der Waals surface area (Å²) in [5.41, 5.74) is 1.40. The van der Waals surface area contributed by atoms with Crippen LogP contribution in [0.3, 0.4) is 0 Å². The van der Waals surface area contributed by atoms with Crippen LogP contribution in [0.1, 0.15) is 5.56 Å². The molecule has 1 aromatic carbocycles. The van der Waals surface area contributed by atoms with Gasteiger partial charge in [0.25, 0.3) is 0 Å². The second kappa shape index (κ2) is 7.60. The molecule has 19 heavy (non-hydrogen) atoms. The highest BCUT2D eigenvalue weighted by molar-refractivity contribution is 6.31. The van der Waals surface area contributed by atoms with E-state index in [0.29, 0.717) is 10.7 Å². The third-order valence-corrected chi connectivity index (χ3v) is 2.68. The van der Waals surface area contributed by atoms with E-state index < -0.39 is 12.0 Å². The Morgan fingerprint density at radius 3 is 2.84 bits per heavy atom. The normalized spacial score (nSPS) is 10.0. The van der Waals surface area contributed by atoms with Gasteiger partial charge < -0.3 is 20.5 Å². The summed E-state index contributed by atoms with van der Waals surface area (Å²) in [7, 11) is 0. The lowest BCUT2D eigenvalue weighted by molar-refractivity contribution is -0.142. The monoisotopic (exact) mass is 286 g/mol. The van der Waals surface area contributed by atoms with Gasteiger partial charge in [-0.05, 0) is 24.6 Å². The van der Waals surface area contributed by atoms with Crippen molar-refractivity contribution < 1.29 is 19.4 Å². The number of carbonyl (C=O) groups excluding carboxylic acids is 1. The third kappa shape index (κ3) is 5.58. The van der Waals surface area contributed by atoms with Crippen molar-refractivity contribution in [3.8, 4) is 0 Å². The summed E-state index contributed by atoms with van der Waals surface area (Å²) in [5, 5.41) is 14.1. The molecule has 6 nitrogen and oxygen atoms in total. The van der Waals surface area contributed by atoms with Crippen molar-refractivity contribution in [3.63, 3.8) is 0 Å². The van der Waals surface area contributed by atoms with E-state index in [0.717, 1.165) is 5.56 Å². The third-order valence-electron chi connectivity index (χ3n) is 2.27. The number of hydrogen-bond acceptors (Lipinski definition) is 3. The Morgan fingerprint density at radius 2 is 2.16 bits per heavy atom. The van der Waals surface area contributed by atoms with Crippen LogP contribution >= 0.6 is 11.6 Å². The fourth-order valence-electron chi connectivity index (χ4n) is 1.31. The molecule has 3 N–H and O–H groups in total. The molecule has 0 radical (unpaired) electrons. The maximum Gasteiger partial charge on any atom is 0.329 e. The minimum Gasteiger partial charge on any atom is -0.480 e. The summed E-state index contributed by atoms with van der Waals surface area (Å²) in [4.78, 5) is 21.7. The Hall–Kier alpha value is -1.79. The largest absolute Gasteiger partial charge is 0.480 e. The van der Waals surface area contributed by atoms with Crippen molar-refractivity contribution in [1.82, 2.24) is 5.32 Å². The van der Waals surface area contributed by atoms with Crippen molar-refractivity contribution in [2.75, 3.05) is 25.1 Å². The SMILES string of the molecule is Cc1c(Cl)cccc1NC(=O)NCCOCC(=O)O. The highest BCUT2D eigenvalue weighted by atomic mass is 35.5. The van der Waals surface area contributed by atoms with Crippen LogP contribution in [0.4, 0.5) is 10.5 Å². The molecular formula is C12H15ClN2O4. The molecule has 0 atom stereocenters. The van der Waals surface area contributed by atoms with Gasteiger partial charge in [-0.3, -0.25) is 0 Å². The molecule has 0 aliphatic rings. The lowest BCUT2D eigenvalue weighted by Crippen LogP contribution is -2.32. The number of aliphatic carboxylic acids is 1. The molecule has 1 aromatic rings. The molecule has 0 unspecified atom stereocenters. The molecule has 0 fully saturated rings. The Labute approximate surface area is 115 Å². The van der Waals surface area contributed by atoms with E-state index in [9.17, 15) is 9.59 Å². The van der Waals surface area contributed by atoms with Gasteiger partial charge >= 0.3 is 12.0 Å². The summed E-state index contributed by atoms with van der Waals surface area (Å²) in [6.07, 6.45) is 0. The van der Waals surface area contributed by atoms with Gasteiger partial charge in [0.15, 0.2) is 0 Å². The molecule has 2 amide bonds. The zero-order valence-corrected chi connectivity index (χ0v) is 11.2. The van der Waals surface area contributed by atoms with E-state index in [1.54, 1.807) is 25.1 Å². The number of anilines is 1. The topological polar surface area (TPSA) is 87.7 Å². The molecule has 104 valence electrons. The number of urea groups is 1. The van der Waals surface area contributed by atoms with Gasteiger partial charge in [-0.2, -0.15) is 0 Å². The Kier molecular flexibility index (Phi) is 6.11. The van der Waals surface area contributed by atoms with Crippen molar-refractivity contribution in [2.45, 2.75) is 6.92 Å². The molecule has 0 heterocycles. The van der Waals surface area contributed by atoms with Gasteiger partial charge in [-0.15, -0.1) is 0 Å². The number of carboxylic acid groups (broad SMARTS) is 1. The van der Waals surface area contributed by atoms with E-state index in [1.165, 1.54) is 0 Å². The van der Waals surface area contributed by atoms with Gasteiger partial charge in [0, 0.05) is 17.3 Å². The van der Waals surface area contributed by atoms with Crippen LogP contribution in [-0.4, -0.2) is 36.9 Å². The molecule has 0 saturated carbocycles. The van der Waals surface area contributed by atoms with Crippen molar-refractivity contribution in [3.05, 3.63) is 28.8 Å². The van der Waals surface area contributed by atoms with Crippen LogP contribution in [0.25, 0.3) is 0 Å². The van der Waals surface area contributed by atoms with E-state index in [2.05, 4.69) is 10.6 Å². The van der Waals surface area contributed by atoms with Crippen molar-refractivity contribution in [1.29, 1.82) is 0 Å². The van der Waals surface area contributed by atoms with Crippen LogP contribution in [0.15, 0.2) is 18.2 Å². The summed E-state index contributed by atoms with van der Waals surface area (Å²) >= 11 is 5.93. The average Bonchev–Trinajstić information content (AvgIpc) is 2.34. The van der Waals surface area contributed by atoms with Gasteiger partial charge in [-0.25, -0.2) is 9.59 Å². The van der Waals surface area contributed by atoms with Crippen molar-refractivity contribution in [2.24, 2.45) is 0 Å². The standard InChI is InChI=1S/C12H15ClN2O4/c1-8-9(13)3-2-4-10(8)15-12(18)14-5-6-19-7-11(16)17/h2-4H,5-7H2,1H3,(H,16,17)(H2,14,15,18). The number of nitrogens with one attached hydrogen (secondary N) is 2. The van der Waals surface area contributed by atoms with Gasteiger partial charge in [0.2, 0.25) is 0 Å². The number of halogens is 1. The number of amides is 2. The lowest BCUT2D eigenvalue weighted by atomic mass is 10.2. The second-order valence-corrected chi connectivity index (χ2v) is 4.15. The minimum absolute atomic E-state index is 0.133. The number of hydrogen-bond donors (Lipinski definition) is 3. The first kappa shape index (κ1) is 15.3. The van der Waals surface area contributed by atoms with E-state index in [1.807, 2.05) is 0 Å². The molecule has 0 spiro atoms. The molecule has 0 aromatic heterocycles. The van der Waals surface area contributed by atoms with Gasteiger partial charge in [-0.1, -0.05) is 17.7 Å². The number of carbonyl (C=O) groups is 2. The summed E-state index contributed by atoms with van der Waals surface area (Å²) < 4.78 is 4.78. The Balaban J connectivity index is 2.31. The molecule has 7 heteroatoms. The predicted octanol–water partition coefficient (Wildman–Crippen LogP) is 1.87. The maximum atomic E-state index is 11.5. The zero-order chi connectivity index (χ0) is 14.3. The average molecular weight is 287 g/mol. The summed E-state index contributed by atoms with van der Waals surface area (Å²) in [5.74, 6) is -1.04. The fourth-order valence-corrected chi connectivity index (χ4v) is 1.48. The van der Waals surface area contributed by atoms with Crippen LogP contribution in [0.2, 0.25) is 5.02 Å². The Bertz CT molecular complexity index is 465.